The molecular weight excluding hydrogens is 280 g/mol. The average molecular weight is 293 g/mol. The molecule has 0 aromatic carbocycles. The first-order valence-corrected chi connectivity index (χ1v) is 6.99. The minimum atomic E-state index is -3.17. The van der Waals surface area contributed by atoms with E-state index in [9.17, 15) is 8.42 Å². The number of pyridine rings is 1. The van der Waals surface area contributed by atoms with E-state index in [-0.39, 0.29) is 11.8 Å². The molecule has 0 aliphatic carbocycles. The lowest BCUT2D eigenvalue weighted by Crippen LogP contribution is -2.28. The molecule has 0 bridgehead atoms. The molecule has 0 aliphatic rings. The van der Waals surface area contributed by atoms with Crippen molar-refractivity contribution in [2.75, 3.05) is 5.75 Å². The van der Waals surface area contributed by atoms with Gasteiger partial charge in [0, 0.05) is 22.9 Å². The molecule has 4 nitrogen and oxygen atoms in total. The molecule has 0 saturated heterocycles. The van der Waals surface area contributed by atoms with Crippen molar-refractivity contribution in [3.63, 3.8) is 0 Å². The monoisotopic (exact) mass is 292 g/mol. The number of hydrogen-bond acceptors (Lipinski definition) is 3. The summed E-state index contributed by atoms with van der Waals surface area (Å²) in [5, 5.41) is 0. The zero-order valence-electron chi connectivity index (χ0n) is 8.57. The van der Waals surface area contributed by atoms with E-state index < -0.39 is 10.0 Å². The Balaban J connectivity index is 2.82. The summed E-state index contributed by atoms with van der Waals surface area (Å²) < 4.78 is 26.0. The Hall–Kier alpha value is -0.460. The normalized spacial score (nSPS) is 13.8. The highest BCUT2D eigenvalue weighted by Gasteiger charge is 2.13. The van der Waals surface area contributed by atoms with Gasteiger partial charge in [0.15, 0.2) is 0 Å². The van der Waals surface area contributed by atoms with Gasteiger partial charge in [-0.1, -0.05) is 0 Å². The number of halogens is 1. The number of nitrogens with one attached hydrogen (secondary N) is 1. The third kappa shape index (κ3) is 3.89. The van der Waals surface area contributed by atoms with Crippen LogP contribution in [0.4, 0.5) is 0 Å². The summed E-state index contributed by atoms with van der Waals surface area (Å²) in [6, 6.07) is 1.58. The fraction of sp³-hybridized carbons (Fsp3) is 0.444. The Morgan fingerprint density at radius 2 is 2.20 bits per heavy atom. The Morgan fingerprint density at radius 3 is 2.73 bits per heavy atom. The van der Waals surface area contributed by atoms with E-state index in [1.54, 1.807) is 26.2 Å². The molecule has 0 aliphatic heterocycles. The molecule has 1 rings (SSSR count). The van der Waals surface area contributed by atoms with Crippen molar-refractivity contribution in [3.8, 4) is 0 Å². The quantitative estimate of drug-likeness (QED) is 0.921. The molecule has 0 radical (unpaired) electrons. The highest BCUT2D eigenvalue weighted by Crippen LogP contribution is 2.16. The molecule has 1 heterocycles. The Bertz CT molecular complexity index is 433. The third-order valence-corrected chi connectivity index (χ3v) is 3.87. The predicted octanol–water partition coefficient (Wildman–Crippen LogP) is 1.84. The van der Waals surface area contributed by atoms with Crippen LogP contribution in [0, 0.1) is 0 Å². The molecule has 0 spiro atoms. The summed E-state index contributed by atoms with van der Waals surface area (Å²) in [5.74, 6) is 0.0821. The number of nitrogens with zero attached hydrogens (tertiary/aromatic N) is 1. The van der Waals surface area contributed by atoms with Gasteiger partial charge < -0.3 is 0 Å². The van der Waals surface area contributed by atoms with Crippen LogP contribution in [0.5, 0.6) is 0 Å². The van der Waals surface area contributed by atoms with Gasteiger partial charge in [0.1, 0.15) is 0 Å². The summed E-state index contributed by atoms with van der Waals surface area (Å²) in [6.45, 7) is 3.39. The molecule has 15 heavy (non-hydrogen) atoms. The van der Waals surface area contributed by atoms with Crippen molar-refractivity contribution in [2.24, 2.45) is 0 Å². The lowest BCUT2D eigenvalue weighted by Gasteiger charge is -2.13. The van der Waals surface area contributed by atoms with Crippen LogP contribution in [0.1, 0.15) is 25.5 Å². The van der Waals surface area contributed by atoms with Crippen LogP contribution in [-0.2, 0) is 10.0 Å². The van der Waals surface area contributed by atoms with Crippen molar-refractivity contribution < 1.29 is 8.42 Å². The van der Waals surface area contributed by atoms with E-state index in [0.29, 0.717) is 0 Å². The van der Waals surface area contributed by atoms with Crippen LogP contribution >= 0.6 is 15.9 Å². The van der Waals surface area contributed by atoms with E-state index in [1.165, 1.54) is 0 Å². The van der Waals surface area contributed by atoms with Gasteiger partial charge in [0.2, 0.25) is 10.0 Å². The Morgan fingerprint density at radius 1 is 1.53 bits per heavy atom. The molecule has 1 atom stereocenters. The minimum Gasteiger partial charge on any atom is -0.263 e. The third-order valence-electron chi connectivity index (χ3n) is 1.96. The van der Waals surface area contributed by atoms with Gasteiger partial charge in [0.05, 0.1) is 5.75 Å². The molecule has 1 aromatic heterocycles. The van der Waals surface area contributed by atoms with Gasteiger partial charge in [-0.25, -0.2) is 13.1 Å². The first-order chi connectivity index (χ1) is 6.94. The Labute approximate surface area is 98.3 Å². The molecule has 0 saturated carbocycles. The number of sulfonamides is 1. The van der Waals surface area contributed by atoms with Crippen molar-refractivity contribution in [2.45, 2.75) is 19.9 Å². The molecule has 1 unspecified atom stereocenters. The maximum absolute atomic E-state index is 11.3. The SMILES string of the molecule is CCS(=O)(=O)NC(C)c1cncc(Br)c1. The van der Waals surface area contributed by atoms with Gasteiger partial charge in [0.25, 0.3) is 0 Å². The molecule has 1 N–H and O–H groups in total. The highest BCUT2D eigenvalue weighted by molar-refractivity contribution is 9.10. The summed E-state index contributed by atoms with van der Waals surface area (Å²) in [6.07, 6.45) is 3.30. The molecule has 6 heteroatoms. The van der Waals surface area contributed by atoms with E-state index in [1.807, 2.05) is 6.07 Å². The largest absolute Gasteiger partial charge is 0.263 e. The average Bonchev–Trinajstić information content (AvgIpc) is 2.17. The number of aromatic nitrogens is 1. The fourth-order valence-corrected chi connectivity index (χ4v) is 2.31. The zero-order valence-corrected chi connectivity index (χ0v) is 11.0. The molecule has 84 valence electrons. The second-order valence-electron chi connectivity index (χ2n) is 3.18. The van der Waals surface area contributed by atoms with Crippen LogP contribution in [0.25, 0.3) is 0 Å². The molecule has 0 amide bonds. The van der Waals surface area contributed by atoms with Gasteiger partial charge in [-0.05, 0) is 41.4 Å². The van der Waals surface area contributed by atoms with Gasteiger partial charge in [-0.3, -0.25) is 4.98 Å². The van der Waals surface area contributed by atoms with Gasteiger partial charge >= 0.3 is 0 Å². The van der Waals surface area contributed by atoms with Crippen LogP contribution in [0.3, 0.4) is 0 Å². The first kappa shape index (κ1) is 12.6. The minimum absolute atomic E-state index is 0.0821. The standard InChI is InChI=1S/C9H13BrN2O2S/c1-3-15(13,14)12-7(2)8-4-9(10)6-11-5-8/h4-7,12H,3H2,1-2H3. The summed E-state index contributed by atoms with van der Waals surface area (Å²) in [7, 11) is -3.17. The summed E-state index contributed by atoms with van der Waals surface area (Å²) in [5.41, 5.74) is 0.835. The highest BCUT2D eigenvalue weighted by atomic mass is 79.9. The first-order valence-electron chi connectivity index (χ1n) is 4.55. The summed E-state index contributed by atoms with van der Waals surface area (Å²) in [4.78, 5) is 3.98. The number of hydrogen-bond donors (Lipinski definition) is 1. The second-order valence-corrected chi connectivity index (χ2v) is 6.14. The zero-order chi connectivity index (χ0) is 11.5. The van der Waals surface area contributed by atoms with E-state index >= 15 is 0 Å². The lowest BCUT2D eigenvalue weighted by atomic mass is 10.2. The predicted molar refractivity (Wildman–Crippen MR) is 62.9 cm³/mol. The van der Waals surface area contributed by atoms with Crippen molar-refractivity contribution in [1.29, 1.82) is 0 Å². The van der Waals surface area contributed by atoms with E-state index in [4.69, 9.17) is 0 Å². The van der Waals surface area contributed by atoms with Gasteiger partial charge in [-0.2, -0.15) is 0 Å². The van der Waals surface area contributed by atoms with E-state index in [0.717, 1.165) is 10.0 Å². The molecule has 0 fully saturated rings. The molecule has 1 aromatic rings. The van der Waals surface area contributed by atoms with Gasteiger partial charge in [-0.15, -0.1) is 0 Å². The smallest absolute Gasteiger partial charge is 0.211 e. The van der Waals surface area contributed by atoms with Crippen LogP contribution < -0.4 is 4.72 Å². The lowest BCUT2D eigenvalue weighted by molar-refractivity contribution is 0.568. The van der Waals surface area contributed by atoms with Crippen molar-refractivity contribution in [1.82, 2.24) is 9.71 Å². The molecular formula is C9H13BrN2O2S. The Kier molecular flexibility index (Phi) is 4.24. The second kappa shape index (κ2) is 5.05. The van der Waals surface area contributed by atoms with Crippen LogP contribution in [0.15, 0.2) is 22.9 Å². The topological polar surface area (TPSA) is 59.1 Å². The summed E-state index contributed by atoms with van der Waals surface area (Å²) >= 11 is 3.29. The number of rotatable bonds is 4. The van der Waals surface area contributed by atoms with E-state index in [2.05, 4.69) is 25.6 Å². The van der Waals surface area contributed by atoms with Crippen LogP contribution in [0.2, 0.25) is 0 Å². The van der Waals surface area contributed by atoms with Crippen LogP contribution in [-0.4, -0.2) is 19.2 Å². The fourth-order valence-electron chi connectivity index (χ4n) is 1.09. The maximum Gasteiger partial charge on any atom is 0.211 e. The van der Waals surface area contributed by atoms with Crippen molar-refractivity contribution in [3.05, 3.63) is 28.5 Å². The van der Waals surface area contributed by atoms with Crippen molar-refractivity contribution >= 4 is 26.0 Å². The maximum atomic E-state index is 11.3.